The van der Waals surface area contributed by atoms with Crippen LogP contribution in [-0.2, 0) is 16.6 Å². The first-order valence-electron chi connectivity index (χ1n) is 9.22. The number of benzene rings is 2. The minimum absolute atomic E-state index is 0.252. The maximum atomic E-state index is 12.6. The maximum Gasteiger partial charge on any atom is 0.262 e. The molecule has 0 atom stereocenters. The number of rotatable bonds is 7. The van der Waals surface area contributed by atoms with Crippen LogP contribution in [0.3, 0.4) is 0 Å². The van der Waals surface area contributed by atoms with E-state index >= 15 is 0 Å². The fourth-order valence-electron chi connectivity index (χ4n) is 2.99. The highest BCUT2D eigenvalue weighted by Crippen LogP contribution is 2.22. The lowest BCUT2D eigenvalue weighted by molar-refractivity contribution is 0.600. The third-order valence-corrected chi connectivity index (χ3v) is 6.04. The Bertz CT molecular complexity index is 1020. The van der Waals surface area contributed by atoms with Crippen molar-refractivity contribution in [1.82, 2.24) is 4.98 Å². The van der Waals surface area contributed by atoms with Gasteiger partial charge in [0, 0.05) is 12.6 Å². The van der Waals surface area contributed by atoms with Crippen LogP contribution in [0.1, 0.15) is 25.0 Å². The Labute approximate surface area is 167 Å². The smallest absolute Gasteiger partial charge is 0.262 e. The van der Waals surface area contributed by atoms with E-state index in [1.165, 1.54) is 5.56 Å². The zero-order valence-corrected chi connectivity index (χ0v) is 17.1. The van der Waals surface area contributed by atoms with Gasteiger partial charge < -0.3 is 4.90 Å². The highest BCUT2D eigenvalue weighted by atomic mass is 32.2. The molecule has 146 valence electrons. The number of hydrogen-bond donors (Lipinski definition) is 1. The van der Waals surface area contributed by atoms with E-state index in [2.05, 4.69) is 40.6 Å². The standard InChI is InChI=1S/C22H25N3O2S/c1-17(2)25(16-19-10-5-4-6-11-19)22-14-13-20(15-23-22)24-28(26,27)21-12-8-7-9-18(21)3/h4-15,17,24H,16H2,1-3H3. The van der Waals surface area contributed by atoms with E-state index in [9.17, 15) is 8.42 Å². The summed E-state index contributed by atoms with van der Waals surface area (Å²) < 4.78 is 27.9. The Kier molecular flexibility index (Phi) is 5.99. The number of pyridine rings is 1. The zero-order chi connectivity index (χ0) is 20.1. The van der Waals surface area contributed by atoms with E-state index in [4.69, 9.17) is 0 Å². The van der Waals surface area contributed by atoms with E-state index in [0.717, 1.165) is 12.4 Å². The molecule has 3 aromatic rings. The van der Waals surface area contributed by atoms with Gasteiger partial charge in [0.25, 0.3) is 10.0 Å². The summed E-state index contributed by atoms with van der Waals surface area (Å²) in [5.41, 5.74) is 2.34. The number of aryl methyl sites for hydroxylation is 1. The van der Waals surface area contributed by atoms with Crippen molar-refractivity contribution < 1.29 is 8.42 Å². The fraction of sp³-hybridized carbons (Fsp3) is 0.227. The van der Waals surface area contributed by atoms with Gasteiger partial charge in [0.15, 0.2) is 0 Å². The molecule has 0 unspecified atom stereocenters. The second-order valence-corrected chi connectivity index (χ2v) is 8.63. The van der Waals surface area contributed by atoms with Crippen LogP contribution >= 0.6 is 0 Å². The number of sulfonamides is 1. The van der Waals surface area contributed by atoms with E-state index < -0.39 is 10.0 Å². The van der Waals surface area contributed by atoms with E-state index in [0.29, 0.717) is 11.3 Å². The van der Waals surface area contributed by atoms with Crippen molar-refractivity contribution in [2.24, 2.45) is 0 Å². The molecular formula is C22H25N3O2S. The molecule has 0 spiro atoms. The monoisotopic (exact) mass is 395 g/mol. The number of aromatic nitrogens is 1. The summed E-state index contributed by atoms with van der Waals surface area (Å²) in [6.07, 6.45) is 1.56. The number of nitrogens with zero attached hydrogens (tertiary/aromatic N) is 2. The summed E-state index contributed by atoms with van der Waals surface area (Å²) in [7, 11) is -3.65. The zero-order valence-electron chi connectivity index (χ0n) is 16.3. The molecule has 1 heterocycles. The Balaban J connectivity index is 1.79. The van der Waals surface area contributed by atoms with Crippen LogP contribution in [0.4, 0.5) is 11.5 Å². The summed E-state index contributed by atoms with van der Waals surface area (Å²) in [5.74, 6) is 0.803. The summed E-state index contributed by atoms with van der Waals surface area (Å²) in [6.45, 7) is 6.73. The molecule has 0 aliphatic carbocycles. The number of anilines is 2. The average Bonchev–Trinajstić information content (AvgIpc) is 2.67. The molecule has 0 saturated carbocycles. The third-order valence-electron chi connectivity index (χ3n) is 4.50. The van der Waals surface area contributed by atoms with Crippen LogP contribution in [0.5, 0.6) is 0 Å². The first kappa shape index (κ1) is 19.9. The Morgan fingerprint density at radius 1 is 0.964 bits per heavy atom. The summed E-state index contributed by atoms with van der Waals surface area (Å²) in [5, 5.41) is 0. The van der Waals surface area contributed by atoms with E-state index in [1.54, 1.807) is 37.4 Å². The first-order valence-corrected chi connectivity index (χ1v) is 10.7. The highest BCUT2D eigenvalue weighted by Gasteiger charge is 2.17. The molecule has 1 N–H and O–H groups in total. The van der Waals surface area contributed by atoms with Gasteiger partial charge in [-0.1, -0.05) is 48.5 Å². The average molecular weight is 396 g/mol. The molecule has 1 aromatic heterocycles. The predicted octanol–water partition coefficient (Wildman–Crippen LogP) is 4.61. The van der Waals surface area contributed by atoms with Crippen LogP contribution in [0.2, 0.25) is 0 Å². The first-order chi connectivity index (χ1) is 13.4. The molecule has 0 aliphatic heterocycles. The lowest BCUT2D eigenvalue weighted by atomic mass is 10.2. The van der Waals surface area contributed by atoms with Crippen molar-refractivity contribution >= 4 is 21.5 Å². The van der Waals surface area contributed by atoms with Gasteiger partial charge in [-0.15, -0.1) is 0 Å². The third kappa shape index (κ3) is 4.70. The Hall–Kier alpha value is -2.86. The van der Waals surface area contributed by atoms with Crippen molar-refractivity contribution in [3.63, 3.8) is 0 Å². The molecule has 0 saturated heterocycles. The molecule has 28 heavy (non-hydrogen) atoms. The fourth-order valence-corrected chi connectivity index (χ4v) is 4.28. The van der Waals surface area contributed by atoms with Gasteiger partial charge in [-0.25, -0.2) is 13.4 Å². The molecule has 2 aromatic carbocycles. The SMILES string of the molecule is Cc1ccccc1S(=O)(=O)Nc1ccc(N(Cc2ccccc2)C(C)C)nc1. The highest BCUT2D eigenvalue weighted by molar-refractivity contribution is 7.92. The van der Waals surface area contributed by atoms with Gasteiger partial charge in [-0.3, -0.25) is 4.72 Å². The van der Waals surface area contributed by atoms with Crippen molar-refractivity contribution in [3.8, 4) is 0 Å². The minimum atomic E-state index is -3.65. The van der Waals surface area contributed by atoms with Gasteiger partial charge in [-0.05, 0) is 50.1 Å². The topological polar surface area (TPSA) is 62.3 Å². The quantitative estimate of drug-likeness (QED) is 0.635. The van der Waals surface area contributed by atoms with Crippen molar-refractivity contribution in [2.75, 3.05) is 9.62 Å². The van der Waals surface area contributed by atoms with Crippen LogP contribution in [0.15, 0.2) is 77.8 Å². The van der Waals surface area contributed by atoms with Gasteiger partial charge >= 0.3 is 0 Å². The number of nitrogens with one attached hydrogen (secondary N) is 1. The van der Waals surface area contributed by atoms with Crippen LogP contribution in [0, 0.1) is 6.92 Å². The van der Waals surface area contributed by atoms with Gasteiger partial charge in [-0.2, -0.15) is 0 Å². The largest absolute Gasteiger partial charge is 0.350 e. The van der Waals surface area contributed by atoms with Gasteiger partial charge in [0.2, 0.25) is 0 Å². The summed E-state index contributed by atoms with van der Waals surface area (Å²) in [4.78, 5) is 6.94. The molecule has 5 nitrogen and oxygen atoms in total. The Morgan fingerprint density at radius 2 is 1.64 bits per heavy atom. The molecule has 6 heteroatoms. The van der Waals surface area contributed by atoms with Crippen LogP contribution in [-0.4, -0.2) is 19.4 Å². The van der Waals surface area contributed by atoms with Gasteiger partial charge in [0.05, 0.1) is 16.8 Å². The molecule has 0 amide bonds. The van der Waals surface area contributed by atoms with Crippen LogP contribution in [0.25, 0.3) is 0 Å². The maximum absolute atomic E-state index is 12.6. The second-order valence-electron chi connectivity index (χ2n) is 6.98. The van der Waals surface area contributed by atoms with E-state index in [1.807, 2.05) is 30.3 Å². The van der Waals surface area contributed by atoms with Crippen molar-refractivity contribution in [1.29, 1.82) is 0 Å². The molecule has 0 fully saturated rings. The van der Waals surface area contributed by atoms with Crippen LogP contribution < -0.4 is 9.62 Å². The van der Waals surface area contributed by atoms with Crippen molar-refractivity contribution in [3.05, 3.63) is 84.1 Å². The van der Waals surface area contributed by atoms with Gasteiger partial charge in [0.1, 0.15) is 5.82 Å². The lowest BCUT2D eigenvalue weighted by Gasteiger charge is -2.28. The summed E-state index contributed by atoms with van der Waals surface area (Å²) >= 11 is 0. The lowest BCUT2D eigenvalue weighted by Crippen LogP contribution is -2.30. The molecule has 0 bridgehead atoms. The Morgan fingerprint density at radius 3 is 2.25 bits per heavy atom. The molecular weight excluding hydrogens is 370 g/mol. The molecule has 0 aliphatic rings. The second kappa shape index (κ2) is 8.44. The number of hydrogen-bond acceptors (Lipinski definition) is 4. The minimum Gasteiger partial charge on any atom is -0.350 e. The molecule has 0 radical (unpaired) electrons. The van der Waals surface area contributed by atoms with E-state index in [-0.39, 0.29) is 10.9 Å². The summed E-state index contributed by atoms with van der Waals surface area (Å²) in [6, 6.07) is 21.0. The molecule has 3 rings (SSSR count). The normalized spacial score (nSPS) is 11.4. The van der Waals surface area contributed by atoms with Crippen molar-refractivity contribution in [2.45, 2.75) is 38.3 Å². The predicted molar refractivity (Wildman–Crippen MR) is 114 cm³/mol.